The highest BCUT2D eigenvalue weighted by Gasteiger charge is 2.38. The van der Waals surface area contributed by atoms with Gasteiger partial charge in [-0.05, 0) is 12.8 Å². The van der Waals surface area contributed by atoms with Crippen molar-refractivity contribution in [1.29, 1.82) is 0 Å². The topological polar surface area (TPSA) is 94.1 Å². The first-order valence-electron chi connectivity index (χ1n) is 6.58. The molecule has 0 saturated heterocycles. The normalized spacial score (nSPS) is 15.0. The van der Waals surface area contributed by atoms with E-state index in [1.807, 2.05) is 0 Å². The molecule has 0 radical (unpaired) electrons. The van der Waals surface area contributed by atoms with Gasteiger partial charge in [0.05, 0.1) is 5.69 Å². The van der Waals surface area contributed by atoms with E-state index in [1.54, 1.807) is 6.07 Å². The smallest absolute Gasteiger partial charge is 0.351 e. The summed E-state index contributed by atoms with van der Waals surface area (Å²) in [6.07, 6.45) is -2.59. The highest BCUT2D eigenvalue weighted by molar-refractivity contribution is 5.91. The van der Waals surface area contributed by atoms with Crippen molar-refractivity contribution in [2.75, 3.05) is 6.54 Å². The molecule has 0 aromatic carbocycles. The fraction of sp³-hybridized carbons (Fsp3) is 0.500. The molecule has 0 spiro atoms. The second-order valence-corrected chi connectivity index (χ2v) is 4.91. The van der Waals surface area contributed by atoms with E-state index in [2.05, 4.69) is 25.1 Å². The lowest BCUT2D eigenvalue weighted by molar-refractivity contribution is -0.159. The van der Waals surface area contributed by atoms with E-state index in [9.17, 15) is 18.0 Å². The van der Waals surface area contributed by atoms with Gasteiger partial charge in [0.15, 0.2) is 5.82 Å². The fourth-order valence-corrected chi connectivity index (χ4v) is 1.81. The van der Waals surface area contributed by atoms with Crippen LogP contribution in [0.15, 0.2) is 15.1 Å². The Morgan fingerprint density at radius 3 is 2.73 bits per heavy atom. The Kier molecular flexibility index (Phi) is 3.59. The Hall–Kier alpha value is -2.39. The average molecular weight is 316 g/mol. The Morgan fingerprint density at radius 1 is 1.32 bits per heavy atom. The van der Waals surface area contributed by atoms with Gasteiger partial charge in [-0.3, -0.25) is 4.79 Å². The molecule has 22 heavy (non-hydrogen) atoms. The summed E-state index contributed by atoms with van der Waals surface area (Å²) in [5.74, 6) is -1.59. The lowest BCUT2D eigenvalue weighted by Gasteiger charge is -1.99. The maximum atomic E-state index is 12.3. The molecule has 1 aliphatic carbocycles. The fourth-order valence-electron chi connectivity index (χ4n) is 1.81. The molecular formula is C12H11F3N4O3. The van der Waals surface area contributed by atoms with Crippen molar-refractivity contribution in [2.45, 2.75) is 31.4 Å². The number of nitrogens with one attached hydrogen (secondary N) is 1. The van der Waals surface area contributed by atoms with Crippen molar-refractivity contribution in [3.8, 4) is 0 Å². The lowest BCUT2D eigenvalue weighted by atomic mass is 10.2. The Morgan fingerprint density at radius 2 is 2.09 bits per heavy atom. The molecule has 1 N–H and O–H groups in total. The van der Waals surface area contributed by atoms with Crippen molar-refractivity contribution in [3.05, 3.63) is 29.2 Å². The van der Waals surface area contributed by atoms with Crippen molar-refractivity contribution in [1.82, 2.24) is 20.6 Å². The number of amides is 1. The van der Waals surface area contributed by atoms with Crippen molar-refractivity contribution >= 4 is 5.91 Å². The van der Waals surface area contributed by atoms with Crippen LogP contribution in [0.3, 0.4) is 0 Å². The molecule has 1 aliphatic rings. The minimum Gasteiger partial charge on any atom is -0.351 e. The van der Waals surface area contributed by atoms with Gasteiger partial charge in [-0.25, -0.2) is 0 Å². The predicted octanol–water partition coefficient (Wildman–Crippen LogP) is 1.93. The molecule has 2 heterocycles. The summed E-state index contributed by atoms with van der Waals surface area (Å²) in [5.41, 5.74) is 0.748. The molecule has 1 amide bonds. The quantitative estimate of drug-likeness (QED) is 0.905. The average Bonchev–Trinajstić information content (AvgIpc) is 3.00. The number of hydrogen-bond donors (Lipinski definition) is 1. The van der Waals surface area contributed by atoms with Crippen molar-refractivity contribution < 1.29 is 27.0 Å². The van der Waals surface area contributed by atoms with E-state index in [0.29, 0.717) is 5.92 Å². The summed E-state index contributed by atoms with van der Waals surface area (Å²) in [5, 5.41) is 9.48. The molecule has 7 nitrogen and oxygen atoms in total. The predicted molar refractivity (Wildman–Crippen MR) is 63.8 cm³/mol. The van der Waals surface area contributed by atoms with Crippen LogP contribution in [0.25, 0.3) is 0 Å². The molecule has 10 heteroatoms. The van der Waals surface area contributed by atoms with Gasteiger partial charge in [-0.1, -0.05) is 10.3 Å². The molecule has 2 aromatic heterocycles. The molecule has 3 rings (SSSR count). The second kappa shape index (κ2) is 5.43. The first kappa shape index (κ1) is 14.5. The molecule has 0 atom stereocenters. The van der Waals surface area contributed by atoms with Crippen LogP contribution in [0.2, 0.25) is 0 Å². The molecule has 0 bridgehead atoms. The minimum absolute atomic E-state index is 0.00887. The molecule has 0 unspecified atom stereocenters. The summed E-state index contributed by atoms with van der Waals surface area (Å²) in [6, 6.07) is 1.57. The highest BCUT2D eigenvalue weighted by Crippen LogP contribution is 2.39. The summed E-state index contributed by atoms with van der Waals surface area (Å²) < 4.78 is 45.8. The first-order chi connectivity index (χ1) is 10.4. The van der Waals surface area contributed by atoms with Crippen LogP contribution in [-0.4, -0.2) is 27.7 Å². The third-order valence-electron chi connectivity index (χ3n) is 3.09. The molecule has 0 aliphatic heterocycles. The van der Waals surface area contributed by atoms with Gasteiger partial charge in [0, 0.05) is 24.9 Å². The maximum absolute atomic E-state index is 12.3. The number of halogens is 3. The number of hydrogen-bond acceptors (Lipinski definition) is 6. The van der Waals surface area contributed by atoms with Gasteiger partial charge in [0.25, 0.3) is 5.91 Å². The standard InChI is InChI=1S/C12H11F3N4O3/c13-12(14,15)11-17-9(19-22-11)3-4-16-10(20)8-5-7(18-21-8)6-1-2-6/h5-6H,1-4H2,(H,16,20). The van der Waals surface area contributed by atoms with Crippen LogP contribution < -0.4 is 5.32 Å². The van der Waals surface area contributed by atoms with E-state index in [0.717, 1.165) is 18.5 Å². The molecular weight excluding hydrogens is 305 g/mol. The number of carbonyl (C=O) groups is 1. The third-order valence-corrected chi connectivity index (χ3v) is 3.09. The summed E-state index contributed by atoms with van der Waals surface area (Å²) in [4.78, 5) is 15.0. The van der Waals surface area contributed by atoms with Gasteiger partial charge in [0.1, 0.15) is 0 Å². The van der Waals surface area contributed by atoms with Crippen LogP contribution in [0.4, 0.5) is 13.2 Å². The van der Waals surface area contributed by atoms with Crippen LogP contribution in [0.5, 0.6) is 0 Å². The zero-order valence-electron chi connectivity index (χ0n) is 11.2. The van der Waals surface area contributed by atoms with Gasteiger partial charge < -0.3 is 14.4 Å². The molecule has 1 saturated carbocycles. The number of rotatable bonds is 5. The van der Waals surface area contributed by atoms with Crippen molar-refractivity contribution in [3.63, 3.8) is 0 Å². The second-order valence-electron chi connectivity index (χ2n) is 4.91. The molecule has 1 fully saturated rings. The van der Waals surface area contributed by atoms with E-state index in [-0.39, 0.29) is 24.6 Å². The monoisotopic (exact) mass is 316 g/mol. The summed E-state index contributed by atoms with van der Waals surface area (Å²) >= 11 is 0. The van der Waals surface area contributed by atoms with E-state index in [4.69, 9.17) is 4.52 Å². The highest BCUT2D eigenvalue weighted by atomic mass is 19.4. The Bertz CT molecular complexity index is 675. The van der Waals surface area contributed by atoms with Gasteiger partial charge in [-0.2, -0.15) is 18.2 Å². The van der Waals surface area contributed by atoms with Gasteiger partial charge >= 0.3 is 12.1 Å². The number of alkyl halides is 3. The van der Waals surface area contributed by atoms with Crippen LogP contribution in [0, 0.1) is 0 Å². The van der Waals surface area contributed by atoms with Crippen molar-refractivity contribution in [2.24, 2.45) is 0 Å². The summed E-state index contributed by atoms with van der Waals surface area (Å²) in [6.45, 7) is 0.0507. The number of carbonyl (C=O) groups excluding carboxylic acids is 1. The SMILES string of the molecule is O=C(NCCc1noc(C(F)(F)F)n1)c1cc(C2CC2)no1. The first-order valence-corrected chi connectivity index (χ1v) is 6.58. The zero-order chi connectivity index (χ0) is 15.7. The van der Waals surface area contributed by atoms with E-state index >= 15 is 0 Å². The van der Waals surface area contributed by atoms with E-state index < -0.39 is 18.0 Å². The summed E-state index contributed by atoms with van der Waals surface area (Å²) in [7, 11) is 0. The third kappa shape index (κ3) is 3.26. The number of nitrogens with zero attached hydrogens (tertiary/aromatic N) is 3. The van der Waals surface area contributed by atoms with Crippen LogP contribution >= 0.6 is 0 Å². The largest absolute Gasteiger partial charge is 0.471 e. The zero-order valence-corrected chi connectivity index (χ0v) is 11.2. The minimum atomic E-state index is -4.67. The van der Waals surface area contributed by atoms with Gasteiger partial charge in [-0.15, -0.1) is 0 Å². The Balaban J connectivity index is 1.49. The number of aromatic nitrogens is 3. The van der Waals surface area contributed by atoms with E-state index in [1.165, 1.54) is 0 Å². The van der Waals surface area contributed by atoms with Crippen LogP contribution in [-0.2, 0) is 12.6 Å². The lowest BCUT2D eigenvalue weighted by Crippen LogP contribution is -2.25. The van der Waals surface area contributed by atoms with Gasteiger partial charge in [0.2, 0.25) is 5.76 Å². The van der Waals surface area contributed by atoms with Crippen LogP contribution in [0.1, 0.15) is 46.7 Å². The Labute approximate surface area is 121 Å². The maximum Gasteiger partial charge on any atom is 0.471 e. The molecule has 118 valence electrons. The molecule has 2 aromatic rings.